The Morgan fingerprint density at radius 3 is 2.37 bits per heavy atom. The van der Waals surface area contributed by atoms with E-state index in [1.165, 1.54) is 16.7 Å². The minimum Gasteiger partial charge on any atom is -0.489 e. The first-order valence-electron chi connectivity index (χ1n) is 11.5. The number of hydrogen-bond donors (Lipinski definition) is 1. The van der Waals surface area contributed by atoms with E-state index in [4.69, 9.17) is 39.5 Å². The van der Waals surface area contributed by atoms with Crippen molar-refractivity contribution < 1.29 is 14.3 Å². The van der Waals surface area contributed by atoms with Gasteiger partial charge in [0.05, 0.1) is 16.6 Å². The number of amides is 2. The summed E-state index contributed by atoms with van der Waals surface area (Å²) in [6.45, 7) is 0.227. The van der Waals surface area contributed by atoms with Crippen LogP contribution in [0.5, 0.6) is 5.75 Å². The van der Waals surface area contributed by atoms with Crippen LogP contribution in [0, 0.1) is 5.92 Å². The second-order valence-electron chi connectivity index (χ2n) is 8.84. The molecule has 1 fully saturated rings. The number of hydrogen-bond acceptors (Lipinski definition) is 6. The fraction of sp³-hybridized carbons (Fsp3) is 0.148. The van der Waals surface area contributed by atoms with Crippen LogP contribution in [-0.4, -0.2) is 22.0 Å². The zero-order chi connectivity index (χ0) is 26.6. The lowest BCUT2D eigenvalue weighted by Crippen LogP contribution is -2.32. The Hall–Kier alpha value is -2.75. The van der Waals surface area contributed by atoms with Crippen LogP contribution in [0.25, 0.3) is 0 Å². The molecule has 11 heteroatoms. The molecule has 38 heavy (non-hydrogen) atoms. The van der Waals surface area contributed by atoms with Gasteiger partial charge in [-0.25, -0.2) is 4.90 Å². The molecule has 6 rings (SSSR count). The molecule has 3 unspecified atom stereocenters. The highest BCUT2D eigenvalue weighted by atomic mass is 35.5. The first kappa shape index (κ1) is 25.5. The molecular formula is C27H17Cl3N2O4S2. The lowest BCUT2D eigenvalue weighted by Gasteiger charge is -2.31. The van der Waals surface area contributed by atoms with Gasteiger partial charge in [-0.05, 0) is 60.2 Å². The van der Waals surface area contributed by atoms with Crippen molar-refractivity contribution in [1.29, 1.82) is 0 Å². The Kier molecular flexibility index (Phi) is 6.78. The number of nitrogens with zero attached hydrogens (tertiary/aromatic N) is 1. The largest absolute Gasteiger partial charge is 0.489 e. The fourth-order valence-corrected chi connectivity index (χ4v) is 7.90. The highest BCUT2D eigenvalue weighted by Gasteiger charge is 2.56. The van der Waals surface area contributed by atoms with E-state index in [0.717, 1.165) is 16.9 Å². The van der Waals surface area contributed by atoms with Gasteiger partial charge in [-0.3, -0.25) is 14.4 Å². The quantitative estimate of drug-likeness (QED) is 0.255. The van der Waals surface area contributed by atoms with Crippen molar-refractivity contribution in [2.24, 2.45) is 5.92 Å². The number of aromatic nitrogens is 1. The molecular weight excluding hydrogens is 587 g/mol. The van der Waals surface area contributed by atoms with Crippen molar-refractivity contribution in [1.82, 2.24) is 4.98 Å². The van der Waals surface area contributed by atoms with Gasteiger partial charge >= 0.3 is 4.87 Å². The van der Waals surface area contributed by atoms with Gasteiger partial charge in [-0.2, -0.15) is 0 Å². The van der Waals surface area contributed by atoms with Crippen LogP contribution < -0.4 is 14.5 Å². The van der Waals surface area contributed by atoms with Gasteiger partial charge < -0.3 is 9.72 Å². The zero-order valence-corrected chi connectivity index (χ0v) is 23.2. The van der Waals surface area contributed by atoms with Crippen molar-refractivity contribution in [3.63, 3.8) is 0 Å². The summed E-state index contributed by atoms with van der Waals surface area (Å²) in [6, 6.07) is 19.1. The van der Waals surface area contributed by atoms with Crippen molar-refractivity contribution in [3.05, 3.63) is 107 Å². The molecule has 192 valence electrons. The van der Waals surface area contributed by atoms with Crippen LogP contribution in [-0.2, 0) is 16.2 Å². The lowest BCUT2D eigenvalue weighted by molar-refractivity contribution is -0.122. The summed E-state index contributed by atoms with van der Waals surface area (Å²) in [5.41, 5.74) is 1.94. The molecule has 4 aromatic rings. The topological polar surface area (TPSA) is 79.5 Å². The molecule has 1 N–H and O–H groups in total. The number of halogens is 3. The number of thiazole rings is 1. The number of H-pyrrole nitrogens is 1. The molecule has 3 heterocycles. The van der Waals surface area contributed by atoms with Crippen molar-refractivity contribution in [2.45, 2.75) is 22.8 Å². The number of thioether (sulfide) groups is 1. The molecule has 0 saturated carbocycles. The van der Waals surface area contributed by atoms with Gasteiger partial charge in [0.1, 0.15) is 17.6 Å². The van der Waals surface area contributed by atoms with Gasteiger partial charge in [0.25, 0.3) is 0 Å². The van der Waals surface area contributed by atoms with Gasteiger partial charge in [-0.1, -0.05) is 70.0 Å². The van der Waals surface area contributed by atoms with Crippen LogP contribution in [0.2, 0.25) is 15.1 Å². The van der Waals surface area contributed by atoms with Crippen LogP contribution in [0.1, 0.15) is 21.9 Å². The zero-order valence-electron chi connectivity index (χ0n) is 19.3. The molecule has 2 amide bonds. The number of benzene rings is 3. The number of nitrogens with one attached hydrogen (secondary N) is 1. The van der Waals surface area contributed by atoms with E-state index in [2.05, 4.69) is 4.98 Å². The predicted octanol–water partition coefficient (Wildman–Crippen LogP) is 6.77. The molecule has 1 aromatic heterocycles. The van der Waals surface area contributed by atoms with Gasteiger partial charge in [0, 0.05) is 31.4 Å². The Bertz CT molecular complexity index is 1640. The van der Waals surface area contributed by atoms with Crippen molar-refractivity contribution in [3.8, 4) is 5.75 Å². The maximum Gasteiger partial charge on any atom is 0.305 e. The maximum atomic E-state index is 13.9. The molecule has 2 aliphatic rings. The first-order chi connectivity index (χ1) is 18.3. The number of imide groups is 1. The third-order valence-corrected chi connectivity index (χ3v) is 9.62. The molecule has 3 atom stereocenters. The van der Waals surface area contributed by atoms with Gasteiger partial charge in [-0.15, -0.1) is 0 Å². The third kappa shape index (κ3) is 4.54. The van der Waals surface area contributed by atoms with Crippen LogP contribution in [0.4, 0.5) is 5.69 Å². The van der Waals surface area contributed by atoms with E-state index in [1.54, 1.807) is 48.5 Å². The summed E-state index contributed by atoms with van der Waals surface area (Å²) in [6.07, 6.45) is 0. The molecule has 3 aromatic carbocycles. The van der Waals surface area contributed by atoms with E-state index >= 15 is 0 Å². The third-order valence-electron chi connectivity index (χ3n) is 6.50. The molecule has 1 saturated heterocycles. The molecule has 0 spiro atoms. The predicted molar refractivity (Wildman–Crippen MR) is 151 cm³/mol. The Morgan fingerprint density at radius 1 is 0.868 bits per heavy atom. The second kappa shape index (κ2) is 10.1. The van der Waals surface area contributed by atoms with Crippen molar-refractivity contribution >= 4 is 75.4 Å². The summed E-state index contributed by atoms with van der Waals surface area (Å²) < 4.78 is 6.21. The Labute approximate surface area is 240 Å². The average Bonchev–Trinajstić information content (AvgIpc) is 3.38. The minimum atomic E-state index is -0.769. The van der Waals surface area contributed by atoms with E-state index in [9.17, 15) is 14.4 Å². The summed E-state index contributed by atoms with van der Waals surface area (Å²) in [5, 5.41) is 1.37. The van der Waals surface area contributed by atoms with Gasteiger partial charge in [0.15, 0.2) is 0 Å². The smallest absolute Gasteiger partial charge is 0.305 e. The Balaban J connectivity index is 1.45. The molecule has 6 nitrogen and oxygen atoms in total. The first-order valence-corrected chi connectivity index (χ1v) is 14.3. The number of fused-ring (bicyclic) bond motifs is 2. The average molecular weight is 604 g/mol. The molecule has 0 radical (unpaired) electrons. The molecule has 0 bridgehead atoms. The number of ether oxygens (including phenoxy) is 1. The maximum absolute atomic E-state index is 13.9. The number of anilines is 1. The van der Waals surface area contributed by atoms with E-state index in [-0.39, 0.29) is 23.3 Å². The number of rotatable bonds is 5. The fourth-order valence-electron chi connectivity index (χ4n) is 4.88. The molecule has 0 aliphatic carbocycles. The highest BCUT2D eigenvalue weighted by Crippen LogP contribution is 2.54. The summed E-state index contributed by atoms with van der Waals surface area (Å²) in [7, 11) is 0. The summed E-state index contributed by atoms with van der Waals surface area (Å²) in [5.74, 6) is -1.59. The number of aromatic amines is 1. The monoisotopic (exact) mass is 602 g/mol. The van der Waals surface area contributed by atoms with Gasteiger partial charge in [0.2, 0.25) is 11.8 Å². The van der Waals surface area contributed by atoms with E-state index < -0.39 is 17.1 Å². The van der Waals surface area contributed by atoms with Crippen molar-refractivity contribution in [2.75, 3.05) is 4.90 Å². The van der Waals surface area contributed by atoms with Crippen LogP contribution >= 0.6 is 57.9 Å². The summed E-state index contributed by atoms with van der Waals surface area (Å²) in [4.78, 5) is 44.4. The molecule has 2 aliphatic heterocycles. The SMILES string of the molecule is O=C1C2Sc3[nH]c(=O)sc3C(c3cc(Cl)ccc3OCc3cccc(Cl)c3)C2C(=O)N1c1ccc(Cl)cc1. The summed E-state index contributed by atoms with van der Waals surface area (Å²) >= 11 is 20.8. The van der Waals surface area contributed by atoms with Crippen LogP contribution in [0.3, 0.4) is 0 Å². The highest BCUT2D eigenvalue weighted by molar-refractivity contribution is 8.00. The standard InChI is InChI=1S/C27H17Cl3N2O4S2/c28-14-4-7-17(8-5-14)32-25(33)21-20(22-24(31-27(35)38-22)37-23(21)26(32)34)18-11-16(30)6-9-19(18)36-12-13-2-1-3-15(29)10-13/h1-11,20-21,23H,12H2,(H,31,35). The van der Waals surface area contributed by atoms with Crippen LogP contribution in [0.15, 0.2) is 76.6 Å². The van der Waals surface area contributed by atoms with E-state index in [1.807, 2.05) is 18.2 Å². The lowest BCUT2D eigenvalue weighted by atomic mass is 9.82. The number of carbonyl (C=O) groups is 2. The Morgan fingerprint density at radius 2 is 1.61 bits per heavy atom. The minimum absolute atomic E-state index is 0.227. The second-order valence-corrected chi connectivity index (χ2v) is 12.3. The number of carbonyl (C=O) groups excluding carboxylic acids is 2. The van der Waals surface area contributed by atoms with E-state index in [0.29, 0.717) is 42.0 Å². The normalized spacial score (nSPS) is 20.4.